The lowest BCUT2D eigenvalue weighted by Gasteiger charge is -2.11. The fourth-order valence-corrected chi connectivity index (χ4v) is 2.41. The highest BCUT2D eigenvalue weighted by Gasteiger charge is 2.07. The van der Waals surface area contributed by atoms with Crippen molar-refractivity contribution in [3.05, 3.63) is 35.3 Å². The third-order valence-corrected chi connectivity index (χ3v) is 3.85. The maximum absolute atomic E-state index is 5.83. The summed E-state index contributed by atoms with van der Waals surface area (Å²) in [6.45, 7) is 1.98. The van der Waals surface area contributed by atoms with Gasteiger partial charge in [-0.2, -0.15) is 0 Å². The highest BCUT2D eigenvalue weighted by atomic mass is 32.1. The number of benzene rings is 1. The molecular weight excluding hydrogens is 230 g/mol. The Morgan fingerprint density at radius 3 is 2.35 bits per heavy atom. The summed E-state index contributed by atoms with van der Waals surface area (Å²) in [6.07, 6.45) is 1.87. The summed E-state index contributed by atoms with van der Waals surface area (Å²) < 4.78 is 0. The van der Waals surface area contributed by atoms with Gasteiger partial charge in [-0.25, -0.2) is 4.98 Å². The Morgan fingerprint density at radius 2 is 1.88 bits per heavy atom. The van der Waals surface area contributed by atoms with Gasteiger partial charge in [0.2, 0.25) is 0 Å². The van der Waals surface area contributed by atoms with Crippen molar-refractivity contribution in [2.24, 2.45) is 5.73 Å². The number of hydrogen-bond acceptors (Lipinski definition) is 4. The van der Waals surface area contributed by atoms with Crippen LogP contribution in [0.3, 0.4) is 0 Å². The Balaban J connectivity index is 2.27. The van der Waals surface area contributed by atoms with Gasteiger partial charge >= 0.3 is 0 Å². The van der Waals surface area contributed by atoms with Crippen molar-refractivity contribution < 1.29 is 0 Å². The number of hydrogen-bond donors (Lipinski definition) is 1. The molecule has 17 heavy (non-hydrogen) atoms. The Hall–Kier alpha value is -1.39. The van der Waals surface area contributed by atoms with E-state index in [1.54, 1.807) is 11.3 Å². The van der Waals surface area contributed by atoms with Crippen LogP contribution in [0.25, 0.3) is 10.6 Å². The minimum absolute atomic E-state index is 0.0577. The van der Waals surface area contributed by atoms with Crippen LogP contribution in [0.5, 0.6) is 0 Å². The Morgan fingerprint density at radius 1 is 1.24 bits per heavy atom. The summed E-state index contributed by atoms with van der Waals surface area (Å²) >= 11 is 1.66. The lowest BCUT2D eigenvalue weighted by atomic mass is 10.2. The van der Waals surface area contributed by atoms with Gasteiger partial charge in [-0.05, 0) is 31.2 Å². The second-order valence-electron chi connectivity index (χ2n) is 4.30. The topological polar surface area (TPSA) is 42.1 Å². The number of aromatic nitrogens is 1. The standard InChI is InChI=1S/C13H17N3S/c1-9(14)12-8-15-13(17-12)10-4-6-11(7-5-10)16(2)3/h4-9H,14H2,1-3H3. The van der Waals surface area contributed by atoms with Crippen LogP contribution in [0.2, 0.25) is 0 Å². The molecule has 2 N–H and O–H groups in total. The van der Waals surface area contributed by atoms with Crippen molar-refractivity contribution in [3.63, 3.8) is 0 Å². The fourth-order valence-electron chi connectivity index (χ4n) is 1.53. The highest BCUT2D eigenvalue weighted by Crippen LogP contribution is 2.28. The average molecular weight is 247 g/mol. The zero-order valence-electron chi connectivity index (χ0n) is 10.3. The van der Waals surface area contributed by atoms with Crippen molar-refractivity contribution >= 4 is 17.0 Å². The van der Waals surface area contributed by atoms with Crippen LogP contribution in [0.15, 0.2) is 30.5 Å². The largest absolute Gasteiger partial charge is 0.378 e. The Kier molecular flexibility index (Phi) is 3.45. The van der Waals surface area contributed by atoms with Gasteiger partial charge in [0.25, 0.3) is 0 Å². The third kappa shape index (κ3) is 2.65. The van der Waals surface area contributed by atoms with Crippen molar-refractivity contribution in [2.45, 2.75) is 13.0 Å². The van der Waals surface area contributed by atoms with E-state index in [1.165, 1.54) is 5.69 Å². The SMILES string of the molecule is CC(N)c1cnc(-c2ccc(N(C)C)cc2)s1. The summed E-state index contributed by atoms with van der Waals surface area (Å²) in [5.41, 5.74) is 8.17. The van der Waals surface area contributed by atoms with Crippen LogP contribution >= 0.6 is 11.3 Å². The molecule has 1 atom stereocenters. The first-order chi connectivity index (χ1) is 8.08. The minimum Gasteiger partial charge on any atom is -0.378 e. The summed E-state index contributed by atoms with van der Waals surface area (Å²) in [6, 6.07) is 8.45. The number of nitrogens with two attached hydrogens (primary N) is 1. The summed E-state index contributed by atoms with van der Waals surface area (Å²) in [4.78, 5) is 7.61. The third-order valence-electron chi connectivity index (χ3n) is 2.60. The van der Waals surface area contributed by atoms with E-state index >= 15 is 0 Å². The van der Waals surface area contributed by atoms with E-state index in [-0.39, 0.29) is 6.04 Å². The maximum Gasteiger partial charge on any atom is 0.123 e. The van der Waals surface area contributed by atoms with Gasteiger partial charge < -0.3 is 10.6 Å². The molecule has 1 heterocycles. The average Bonchev–Trinajstić information content (AvgIpc) is 2.78. The van der Waals surface area contributed by atoms with Crippen LogP contribution in [0.1, 0.15) is 17.8 Å². The van der Waals surface area contributed by atoms with Crippen LogP contribution < -0.4 is 10.6 Å². The number of nitrogens with zero attached hydrogens (tertiary/aromatic N) is 2. The highest BCUT2D eigenvalue weighted by molar-refractivity contribution is 7.15. The lowest BCUT2D eigenvalue weighted by molar-refractivity contribution is 0.835. The van der Waals surface area contributed by atoms with E-state index in [4.69, 9.17) is 5.73 Å². The molecule has 90 valence electrons. The van der Waals surface area contributed by atoms with Gasteiger partial charge in [0, 0.05) is 42.5 Å². The molecule has 0 amide bonds. The normalized spacial score (nSPS) is 12.5. The van der Waals surface area contributed by atoms with Crippen molar-refractivity contribution in [1.29, 1.82) is 0 Å². The first kappa shape index (κ1) is 12.1. The van der Waals surface area contributed by atoms with Gasteiger partial charge in [0.05, 0.1) is 0 Å². The number of rotatable bonds is 3. The predicted octanol–water partition coefficient (Wildman–Crippen LogP) is 2.90. The smallest absolute Gasteiger partial charge is 0.123 e. The fraction of sp³-hybridized carbons (Fsp3) is 0.308. The maximum atomic E-state index is 5.83. The van der Waals surface area contributed by atoms with Crippen LogP contribution in [0, 0.1) is 0 Å². The van der Waals surface area contributed by atoms with E-state index < -0.39 is 0 Å². The summed E-state index contributed by atoms with van der Waals surface area (Å²) in [5, 5.41) is 1.03. The molecule has 0 saturated heterocycles. The zero-order valence-corrected chi connectivity index (χ0v) is 11.2. The van der Waals surface area contributed by atoms with Crippen LogP contribution in [-0.2, 0) is 0 Å². The minimum atomic E-state index is 0.0577. The molecule has 0 saturated carbocycles. The summed E-state index contributed by atoms with van der Waals surface area (Å²) in [5.74, 6) is 0. The number of thiazole rings is 1. The molecule has 0 radical (unpaired) electrons. The molecule has 0 fully saturated rings. The van der Waals surface area contributed by atoms with Gasteiger partial charge in [0.1, 0.15) is 5.01 Å². The van der Waals surface area contributed by atoms with Crippen LogP contribution in [0.4, 0.5) is 5.69 Å². The molecule has 4 heteroatoms. The van der Waals surface area contributed by atoms with Crippen LogP contribution in [-0.4, -0.2) is 19.1 Å². The molecule has 1 aromatic carbocycles. The van der Waals surface area contributed by atoms with E-state index in [9.17, 15) is 0 Å². The molecule has 1 unspecified atom stereocenters. The van der Waals surface area contributed by atoms with Gasteiger partial charge in [-0.15, -0.1) is 11.3 Å². The second-order valence-corrected chi connectivity index (χ2v) is 5.36. The summed E-state index contributed by atoms with van der Waals surface area (Å²) in [7, 11) is 4.07. The lowest BCUT2D eigenvalue weighted by Crippen LogP contribution is -2.07. The molecular formula is C13H17N3S. The van der Waals surface area contributed by atoms with Crippen molar-refractivity contribution in [3.8, 4) is 10.6 Å². The van der Waals surface area contributed by atoms with E-state index in [2.05, 4.69) is 34.1 Å². The van der Waals surface area contributed by atoms with Crippen molar-refractivity contribution in [2.75, 3.05) is 19.0 Å². The predicted molar refractivity (Wildman–Crippen MR) is 74.5 cm³/mol. The van der Waals surface area contributed by atoms with Gasteiger partial charge in [-0.3, -0.25) is 0 Å². The van der Waals surface area contributed by atoms with E-state index in [0.29, 0.717) is 0 Å². The quantitative estimate of drug-likeness (QED) is 0.906. The molecule has 0 aliphatic carbocycles. The zero-order chi connectivity index (χ0) is 12.4. The first-order valence-corrected chi connectivity index (χ1v) is 6.38. The number of anilines is 1. The molecule has 2 aromatic rings. The monoisotopic (exact) mass is 247 g/mol. The Bertz CT molecular complexity index is 486. The second kappa shape index (κ2) is 4.85. The van der Waals surface area contributed by atoms with E-state index in [0.717, 1.165) is 15.4 Å². The molecule has 0 spiro atoms. The van der Waals surface area contributed by atoms with Gasteiger partial charge in [0.15, 0.2) is 0 Å². The molecule has 3 nitrogen and oxygen atoms in total. The van der Waals surface area contributed by atoms with Gasteiger partial charge in [-0.1, -0.05) is 0 Å². The molecule has 0 bridgehead atoms. The molecule has 0 aliphatic rings. The Labute approximate surface area is 106 Å². The molecule has 0 aliphatic heterocycles. The first-order valence-electron chi connectivity index (χ1n) is 5.57. The van der Waals surface area contributed by atoms with Crippen molar-refractivity contribution in [1.82, 2.24) is 4.98 Å². The van der Waals surface area contributed by atoms with E-state index in [1.807, 2.05) is 27.2 Å². The molecule has 2 rings (SSSR count). The molecule has 1 aromatic heterocycles.